The molecule has 2 amide bonds. The van der Waals surface area contributed by atoms with Crippen molar-refractivity contribution in [3.63, 3.8) is 0 Å². The molecular formula is C21H29N5O2. The summed E-state index contributed by atoms with van der Waals surface area (Å²) < 4.78 is 0. The van der Waals surface area contributed by atoms with Crippen molar-refractivity contribution in [2.24, 2.45) is 5.92 Å². The van der Waals surface area contributed by atoms with Crippen molar-refractivity contribution in [1.29, 1.82) is 0 Å². The molecule has 0 radical (unpaired) electrons. The van der Waals surface area contributed by atoms with Crippen LogP contribution in [0.4, 0.5) is 5.82 Å². The van der Waals surface area contributed by atoms with Gasteiger partial charge in [0, 0.05) is 32.1 Å². The van der Waals surface area contributed by atoms with Gasteiger partial charge in [0.15, 0.2) is 0 Å². The van der Waals surface area contributed by atoms with E-state index in [0.717, 1.165) is 11.5 Å². The predicted molar refractivity (Wildman–Crippen MR) is 110 cm³/mol. The van der Waals surface area contributed by atoms with Crippen LogP contribution in [-0.4, -0.2) is 58.4 Å². The summed E-state index contributed by atoms with van der Waals surface area (Å²) in [5, 5.41) is 2.93. The van der Waals surface area contributed by atoms with Crippen molar-refractivity contribution < 1.29 is 9.59 Å². The Balaban J connectivity index is 1.86. The Labute approximate surface area is 166 Å². The molecule has 0 unspecified atom stereocenters. The molecule has 2 aliphatic rings. The lowest BCUT2D eigenvalue weighted by atomic mass is 9.99. The largest absolute Gasteiger partial charge is 0.350 e. The molecule has 0 bridgehead atoms. The number of fused-ring (bicyclic) bond motifs is 1. The third kappa shape index (κ3) is 3.93. The Kier molecular flexibility index (Phi) is 5.82. The van der Waals surface area contributed by atoms with Crippen LogP contribution in [0.2, 0.25) is 0 Å². The molecule has 3 rings (SSSR count). The SMILES string of the molecule is C=CC(=O)N1CCN(c2cnc3c(n2)C(C(=O)NC(C)C)=CC3)[C@@H](C(C)C)C1. The minimum atomic E-state index is -0.109. The highest BCUT2D eigenvalue weighted by Crippen LogP contribution is 2.29. The van der Waals surface area contributed by atoms with Crippen LogP contribution >= 0.6 is 0 Å². The van der Waals surface area contributed by atoms with Gasteiger partial charge in [-0.2, -0.15) is 0 Å². The van der Waals surface area contributed by atoms with Gasteiger partial charge in [0.25, 0.3) is 5.91 Å². The molecule has 0 saturated carbocycles. The minimum Gasteiger partial charge on any atom is -0.350 e. The second kappa shape index (κ2) is 8.12. The first-order chi connectivity index (χ1) is 13.3. The lowest BCUT2D eigenvalue weighted by Crippen LogP contribution is -2.56. The fraction of sp³-hybridized carbons (Fsp3) is 0.524. The van der Waals surface area contributed by atoms with E-state index < -0.39 is 0 Å². The van der Waals surface area contributed by atoms with Crippen molar-refractivity contribution in [2.45, 2.75) is 46.2 Å². The molecule has 1 N–H and O–H groups in total. The van der Waals surface area contributed by atoms with Crippen molar-refractivity contribution in [1.82, 2.24) is 20.2 Å². The second-order valence-electron chi connectivity index (χ2n) is 7.97. The number of nitrogens with zero attached hydrogens (tertiary/aromatic N) is 4. The van der Waals surface area contributed by atoms with Gasteiger partial charge < -0.3 is 15.1 Å². The summed E-state index contributed by atoms with van der Waals surface area (Å²) in [7, 11) is 0. The van der Waals surface area contributed by atoms with Gasteiger partial charge >= 0.3 is 0 Å². The first-order valence-corrected chi connectivity index (χ1v) is 9.87. The first kappa shape index (κ1) is 20.0. The van der Waals surface area contributed by atoms with Crippen molar-refractivity contribution in [3.05, 3.63) is 36.3 Å². The van der Waals surface area contributed by atoms with Crippen LogP contribution in [0.25, 0.3) is 5.57 Å². The molecule has 150 valence electrons. The molecule has 1 atom stereocenters. The highest BCUT2D eigenvalue weighted by molar-refractivity contribution is 6.20. The number of allylic oxidation sites excluding steroid dienone is 1. The van der Waals surface area contributed by atoms with Gasteiger partial charge in [0.1, 0.15) is 5.82 Å². The van der Waals surface area contributed by atoms with Crippen LogP contribution in [0.5, 0.6) is 0 Å². The van der Waals surface area contributed by atoms with Crippen molar-refractivity contribution in [2.75, 3.05) is 24.5 Å². The maximum absolute atomic E-state index is 12.5. The summed E-state index contributed by atoms with van der Waals surface area (Å²) in [4.78, 5) is 38.0. The molecule has 0 aromatic carbocycles. The van der Waals surface area contributed by atoms with Crippen LogP contribution in [0.15, 0.2) is 24.9 Å². The molecule has 1 aliphatic heterocycles. The van der Waals surface area contributed by atoms with Gasteiger partial charge in [0.05, 0.1) is 29.2 Å². The third-order valence-electron chi connectivity index (χ3n) is 5.22. The summed E-state index contributed by atoms with van der Waals surface area (Å²) in [5.74, 6) is 0.936. The number of anilines is 1. The van der Waals surface area contributed by atoms with E-state index in [0.29, 0.717) is 43.2 Å². The monoisotopic (exact) mass is 383 g/mol. The average Bonchev–Trinajstić information content (AvgIpc) is 3.09. The number of piperazine rings is 1. The number of aromatic nitrogens is 2. The lowest BCUT2D eigenvalue weighted by molar-refractivity contribution is -0.127. The number of rotatable bonds is 5. The van der Waals surface area contributed by atoms with Gasteiger partial charge in [-0.3, -0.25) is 14.6 Å². The van der Waals surface area contributed by atoms with Crippen molar-refractivity contribution >= 4 is 23.2 Å². The normalized spacial score (nSPS) is 18.9. The van der Waals surface area contributed by atoms with E-state index in [-0.39, 0.29) is 23.9 Å². The molecule has 1 aromatic heterocycles. The summed E-state index contributed by atoms with van der Waals surface area (Å²) in [6, 6.07) is 0.192. The second-order valence-corrected chi connectivity index (χ2v) is 7.97. The highest BCUT2D eigenvalue weighted by atomic mass is 16.2. The molecule has 1 saturated heterocycles. The highest BCUT2D eigenvalue weighted by Gasteiger charge is 2.33. The minimum absolute atomic E-state index is 0.0408. The Morgan fingerprint density at radius 1 is 1.29 bits per heavy atom. The van der Waals surface area contributed by atoms with E-state index in [9.17, 15) is 9.59 Å². The number of hydrogen-bond donors (Lipinski definition) is 1. The van der Waals surface area contributed by atoms with Gasteiger partial charge in [-0.1, -0.05) is 26.5 Å². The predicted octanol–water partition coefficient (Wildman–Crippen LogP) is 1.80. The van der Waals surface area contributed by atoms with Crippen LogP contribution in [-0.2, 0) is 16.0 Å². The Hall–Kier alpha value is -2.70. The molecule has 2 heterocycles. The smallest absolute Gasteiger partial charge is 0.253 e. The van der Waals surface area contributed by atoms with Gasteiger partial charge in [-0.25, -0.2) is 4.98 Å². The van der Waals surface area contributed by atoms with Gasteiger partial charge in [0.2, 0.25) is 5.91 Å². The van der Waals surface area contributed by atoms with E-state index >= 15 is 0 Å². The van der Waals surface area contributed by atoms with E-state index in [1.807, 2.05) is 24.8 Å². The molecule has 28 heavy (non-hydrogen) atoms. The molecule has 7 nitrogen and oxygen atoms in total. The van der Waals surface area contributed by atoms with E-state index in [2.05, 4.69) is 35.6 Å². The molecular weight excluding hydrogens is 354 g/mol. The zero-order chi connectivity index (χ0) is 20.4. The van der Waals surface area contributed by atoms with E-state index in [4.69, 9.17) is 4.98 Å². The van der Waals surface area contributed by atoms with E-state index in [1.54, 1.807) is 6.20 Å². The Morgan fingerprint density at radius 2 is 2.04 bits per heavy atom. The average molecular weight is 383 g/mol. The fourth-order valence-electron chi connectivity index (χ4n) is 3.74. The maximum atomic E-state index is 12.5. The molecule has 7 heteroatoms. The number of nitrogens with one attached hydrogen (secondary N) is 1. The molecule has 1 aliphatic carbocycles. The summed E-state index contributed by atoms with van der Waals surface area (Å²) in [5.41, 5.74) is 2.10. The summed E-state index contributed by atoms with van der Waals surface area (Å²) in [6.07, 6.45) is 5.68. The van der Waals surface area contributed by atoms with Crippen LogP contribution in [0.1, 0.15) is 39.1 Å². The number of carbonyl (C=O) groups excluding carboxylic acids is 2. The zero-order valence-corrected chi connectivity index (χ0v) is 17.1. The number of carbonyl (C=O) groups is 2. The van der Waals surface area contributed by atoms with Gasteiger partial charge in [-0.05, 0) is 25.8 Å². The molecule has 1 aromatic rings. The maximum Gasteiger partial charge on any atom is 0.253 e. The number of amides is 2. The topological polar surface area (TPSA) is 78.4 Å². The van der Waals surface area contributed by atoms with Crippen LogP contribution < -0.4 is 10.2 Å². The summed E-state index contributed by atoms with van der Waals surface area (Å²) >= 11 is 0. The Morgan fingerprint density at radius 3 is 2.68 bits per heavy atom. The van der Waals surface area contributed by atoms with E-state index in [1.165, 1.54) is 6.08 Å². The lowest BCUT2D eigenvalue weighted by Gasteiger charge is -2.43. The summed E-state index contributed by atoms with van der Waals surface area (Å²) in [6.45, 7) is 13.7. The first-order valence-electron chi connectivity index (χ1n) is 9.87. The molecule has 1 fully saturated rings. The van der Waals surface area contributed by atoms with Gasteiger partial charge in [-0.15, -0.1) is 0 Å². The quantitative estimate of drug-likeness (QED) is 0.785. The zero-order valence-electron chi connectivity index (χ0n) is 17.1. The third-order valence-corrected chi connectivity index (χ3v) is 5.22. The molecule has 0 spiro atoms. The standard InChI is InChI=1S/C21H29N5O2/c1-6-19(27)25-9-10-26(17(12-25)13(2)3)18-11-22-16-8-7-15(20(16)24-18)21(28)23-14(4)5/h6-7,11,13-14,17H,1,8-10,12H2,2-5H3,(H,23,28)/t17-/m1/s1. The number of hydrogen-bond acceptors (Lipinski definition) is 5. The fourth-order valence-corrected chi connectivity index (χ4v) is 3.74. The van der Waals surface area contributed by atoms with Crippen LogP contribution in [0.3, 0.4) is 0 Å². The Bertz CT molecular complexity index is 815. The van der Waals surface area contributed by atoms with Crippen molar-refractivity contribution in [3.8, 4) is 0 Å². The van der Waals surface area contributed by atoms with Crippen LogP contribution in [0, 0.1) is 5.92 Å².